The van der Waals surface area contributed by atoms with Gasteiger partial charge in [-0.25, -0.2) is 5.01 Å². The van der Waals surface area contributed by atoms with Crippen LogP contribution in [0.15, 0.2) is 90.0 Å². The Kier molecular flexibility index (Phi) is 4.62. The van der Waals surface area contributed by atoms with E-state index in [1.54, 1.807) is 18.3 Å². The van der Waals surface area contributed by atoms with Crippen molar-refractivity contribution < 1.29 is 4.92 Å². The molecule has 118 valence electrons. The van der Waals surface area contributed by atoms with Crippen LogP contribution in [-0.2, 0) is 0 Å². The Morgan fingerprint density at radius 3 is 1.75 bits per heavy atom. The first-order valence-corrected chi connectivity index (χ1v) is 7.43. The van der Waals surface area contributed by atoms with Crippen LogP contribution in [0.25, 0.3) is 0 Å². The maximum atomic E-state index is 10.7. The molecule has 0 aromatic heterocycles. The lowest BCUT2D eigenvalue weighted by atomic mass is 10.2. The summed E-state index contributed by atoms with van der Waals surface area (Å²) in [5.74, 6) is 0. The second-order valence-electron chi connectivity index (χ2n) is 5.08. The van der Waals surface area contributed by atoms with Gasteiger partial charge in [0.1, 0.15) is 0 Å². The highest BCUT2D eigenvalue weighted by molar-refractivity contribution is 5.82. The average molecular weight is 317 g/mol. The first-order chi connectivity index (χ1) is 11.7. The Hall–Kier alpha value is -3.47. The minimum absolute atomic E-state index is 0.0649. The summed E-state index contributed by atoms with van der Waals surface area (Å²) >= 11 is 0. The zero-order valence-corrected chi connectivity index (χ0v) is 12.8. The highest BCUT2D eigenvalue weighted by atomic mass is 16.6. The van der Waals surface area contributed by atoms with Crippen molar-refractivity contribution in [1.29, 1.82) is 0 Å². The van der Waals surface area contributed by atoms with Crippen molar-refractivity contribution in [3.05, 3.63) is 101 Å². The van der Waals surface area contributed by atoms with E-state index in [0.717, 1.165) is 16.9 Å². The van der Waals surface area contributed by atoms with Gasteiger partial charge in [0.2, 0.25) is 0 Å². The molecule has 0 fully saturated rings. The van der Waals surface area contributed by atoms with E-state index in [0.29, 0.717) is 0 Å². The molecule has 0 saturated heterocycles. The van der Waals surface area contributed by atoms with E-state index in [1.807, 2.05) is 65.7 Å². The molecule has 0 radical (unpaired) electrons. The van der Waals surface area contributed by atoms with Crippen molar-refractivity contribution in [3.63, 3.8) is 0 Å². The molecule has 0 aliphatic rings. The molecule has 24 heavy (non-hydrogen) atoms. The second kappa shape index (κ2) is 7.19. The molecular weight excluding hydrogens is 302 g/mol. The van der Waals surface area contributed by atoms with Gasteiger partial charge >= 0.3 is 0 Å². The Balaban J connectivity index is 1.90. The van der Waals surface area contributed by atoms with Crippen LogP contribution in [0.3, 0.4) is 0 Å². The highest BCUT2D eigenvalue weighted by Gasteiger charge is 2.07. The maximum Gasteiger partial charge on any atom is 0.269 e. The van der Waals surface area contributed by atoms with Gasteiger partial charge in [0.25, 0.3) is 5.69 Å². The summed E-state index contributed by atoms with van der Waals surface area (Å²) in [5.41, 5.74) is 2.72. The molecular formula is C19H15N3O2. The molecule has 5 nitrogen and oxygen atoms in total. The number of nitro groups is 1. The van der Waals surface area contributed by atoms with E-state index in [1.165, 1.54) is 12.1 Å². The van der Waals surface area contributed by atoms with Gasteiger partial charge in [-0.15, -0.1) is 0 Å². The van der Waals surface area contributed by atoms with E-state index in [4.69, 9.17) is 0 Å². The van der Waals surface area contributed by atoms with Gasteiger partial charge in [0, 0.05) is 12.1 Å². The van der Waals surface area contributed by atoms with Crippen LogP contribution in [0.5, 0.6) is 0 Å². The largest absolute Gasteiger partial charge is 0.269 e. The van der Waals surface area contributed by atoms with Gasteiger partial charge in [-0.1, -0.05) is 36.4 Å². The topological polar surface area (TPSA) is 58.7 Å². The fourth-order valence-corrected chi connectivity index (χ4v) is 2.23. The van der Waals surface area contributed by atoms with Crippen LogP contribution in [-0.4, -0.2) is 11.1 Å². The number of hydrogen-bond acceptors (Lipinski definition) is 4. The Morgan fingerprint density at radius 2 is 1.29 bits per heavy atom. The predicted molar refractivity (Wildman–Crippen MR) is 95.7 cm³/mol. The summed E-state index contributed by atoms with van der Waals surface area (Å²) in [6, 6.07) is 25.9. The van der Waals surface area contributed by atoms with Crippen molar-refractivity contribution in [2.45, 2.75) is 0 Å². The summed E-state index contributed by atoms with van der Waals surface area (Å²) < 4.78 is 0. The van der Waals surface area contributed by atoms with Gasteiger partial charge in [0.15, 0.2) is 0 Å². The third-order valence-corrected chi connectivity index (χ3v) is 3.43. The molecule has 0 aliphatic carbocycles. The zero-order valence-electron chi connectivity index (χ0n) is 12.8. The first kappa shape index (κ1) is 15.4. The number of hydrazone groups is 1. The highest BCUT2D eigenvalue weighted by Crippen LogP contribution is 2.25. The molecule has 3 aromatic rings. The lowest BCUT2D eigenvalue weighted by molar-refractivity contribution is -0.384. The lowest BCUT2D eigenvalue weighted by Gasteiger charge is -2.19. The summed E-state index contributed by atoms with van der Waals surface area (Å²) in [6.45, 7) is 0. The number of benzene rings is 3. The van der Waals surface area contributed by atoms with Gasteiger partial charge in [0.05, 0.1) is 22.5 Å². The molecule has 0 aliphatic heterocycles. The van der Waals surface area contributed by atoms with Crippen molar-refractivity contribution in [3.8, 4) is 0 Å². The van der Waals surface area contributed by atoms with Crippen molar-refractivity contribution in [2.75, 3.05) is 5.01 Å². The Morgan fingerprint density at radius 1 is 0.792 bits per heavy atom. The summed E-state index contributed by atoms with van der Waals surface area (Å²) in [6.07, 6.45) is 1.68. The number of nitro benzene ring substituents is 1. The average Bonchev–Trinajstić information content (AvgIpc) is 2.64. The van der Waals surface area contributed by atoms with Crippen LogP contribution in [0.4, 0.5) is 17.1 Å². The number of anilines is 2. The molecule has 0 N–H and O–H groups in total. The number of rotatable bonds is 5. The number of para-hydroxylation sites is 2. The SMILES string of the molecule is O=[N+]([O-])c1ccc(/C=N\N(c2ccccc2)c2ccccc2)cc1. The second-order valence-corrected chi connectivity index (χ2v) is 5.08. The third kappa shape index (κ3) is 3.64. The van der Waals surface area contributed by atoms with Crippen LogP contribution >= 0.6 is 0 Å². The van der Waals surface area contributed by atoms with Crippen molar-refractivity contribution in [2.24, 2.45) is 5.10 Å². The van der Waals surface area contributed by atoms with Crippen molar-refractivity contribution in [1.82, 2.24) is 0 Å². The van der Waals surface area contributed by atoms with Crippen LogP contribution in [0.2, 0.25) is 0 Å². The standard InChI is InChI=1S/C19H15N3O2/c23-22(24)19-13-11-16(12-14-19)15-20-21(17-7-3-1-4-8-17)18-9-5-2-6-10-18/h1-15H/b20-15-. The third-order valence-electron chi connectivity index (χ3n) is 3.43. The fraction of sp³-hybridized carbons (Fsp3) is 0. The molecule has 0 spiro atoms. The molecule has 0 bridgehead atoms. The maximum absolute atomic E-state index is 10.7. The molecule has 3 aromatic carbocycles. The van der Waals surface area contributed by atoms with E-state index in [2.05, 4.69) is 5.10 Å². The summed E-state index contributed by atoms with van der Waals surface area (Å²) in [4.78, 5) is 10.3. The molecule has 0 unspecified atom stereocenters. The van der Waals surface area contributed by atoms with Gasteiger partial charge in [-0.3, -0.25) is 10.1 Å². The fourth-order valence-electron chi connectivity index (χ4n) is 2.23. The van der Waals surface area contributed by atoms with Crippen molar-refractivity contribution >= 4 is 23.3 Å². The van der Waals surface area contributed by atoms with E-state index >= 15 is 0 Å². The Bertz CT molecular complexity index is 792. The van der Waals surface area contributed by atoms with Gasteiger partial charge in [-0.05, 0) is 42.0 Å². The monoisotopic (exact) mass is 317 g/mol. The number of nitrogens with zero attached hydrogens (tertiary/aromatic N) is 3. The van der Waals surface area contributed by atoms with Crippen LogP contribution in [0, 0.1) is 10.1 Å². The van der Waals surface area contributed by atoms with E-state index in [9.17, 15) is 10.1 Å². The Labute approximate surface area is 139 Å². The zero-order chi connectivity index (χ0) is 16.8. The molecule has 5 heteroatoms. The molecule has 0 atom stereocenters. The minimum Gasteiger partial charge on any atom is -0.258 e. The molecule has 3 rings (SSSR count). The normalized spacial score (nSPS) is 10.7. The predicted octanol–water partition coefficient (Wildman–Crippen LogP) is 4.77. The number of non-ortho nitro benzene ring substituents is 1. The van der Waals surface area contributed by atoms with E-state index < -0.39 is 4.92 Å². The quantitative estimate of drug-likeness (QED) is 0.387. The number of hydrogen-bond donors (Lipinski definition) is 0. The van der Waals surface area contributed by atoms with Gasteiger partial charge in [-0.2, -0.15) is 5.10 Å². The van der Waals surface area contributed by atoms with Crippen LogP contribution < -0.4 is 5.01 Å². The molecule has 0 heterocycles. The lowest BCUT2D eigenvalue weighted by Crippen LogP contribution is -2.09. The van der Waals surface area contributed by atoms with E-state index in [-0.39, 0.29) is 5.69 Å². The van der Waals surface area contributed by atoms with Crippen LogP contribution in [0.1, 0.15) is 5.56 Å². The summed E-state index contributed by atoms with van der Waals surface area (Å²) in [5, 5.41) is 17.1. The van der Waals surface area contributed by atoms with Gasteiger partial charge < -0.3 is 0 Å². The molecule has 0 saturated carbocycles. The minimum atomic E-state index is -0.416. The molecule has 0 amide bonds. The first-order valence-electron chi connectivity index (χ1n) is 7.43. The summed E-state index contributed by atoms with van der Waals surface area (Å²) in [7, 11) is 0. The smallest absolute Gasteiger partial charge is 0.258 e.